The number of carbonyl (C=O) groups excluding carboxylic acids is 1. The van der Waals surface area contributed by atoms with Crippen molar-refractivity contribution in [3.05, 3.63) is 77.4 Å². The van der Waals surface area contributed by atoms with Crippen molar-refractivity contribution in [2.24, 2.45) is 11.3 Å². The summed E-state index contributed by atoms with van der Waals surface area (Å²) in [4.78, 5) is 17.0. The third-order valence-electron chi connectivity index (χ3n) is 10.0. The lowest BCUT2D eigenvalue weighted by Gasteiger charge is -2.44. The van der Waals surface area contributed by atoms with Gasteiger partial charge in [0.25, 0.3) is 0 Å². The summed E-state index contributed by atoms with van der Waals surface area (Å²) in [6.07, 6.45) is 14.1. The van der Waals surface area contributed by atoms with Gasteiger partial charge in [0.1, 0.15) is 11.9 Å². The summed E-state index contributed by atoms with van der Waals surface area (Å²) in [5, 5.41) is 2.40. The molecule has 1 fully saturated rings. The number of hydrogen-bond donors (Lipinski definition) is 0. The van der Waals surface area contributed by atoms with Gasteiger partial charge in [-0.15, -0.1) is 0 Å². The molecule has 2 aromatic rings. The van der Waals surface area contributed by atoms with Crippen LogP contribution >= 0.6 is 0 Å². The van der Waals surface area contributed by atoms with Crippen LogP contribution in [0, 0.1) is 11.3 Å². The summed E-state index contributed by atoms with van der Waals surface area (Å²) >= 11 is 0. The maximum Gasteiger partial charge on any atom is 0.192 e. The van der Waals surface area contributed by atoms with Crippen LogP contribution in [0.2, 0.25) is 18.1 Å². The van der Waals surface area contributed by atoms with Crippen LogP contribution in [0.5, 0.6) is 0 Å². The second-order valence-electron chi connectivity index (χ2n) is 11.7. The molecule has 194 valence electrons. The Morgan fingerprint density at radius 1 is 1.11 bits per heavy atom. The zero-order valence-electron chi connectivity index (χ0n) is 22.6. The third kappa shape index (κ3) is 3.97. The highest BCUT2D eigenvalue weighted by Crippen LogP contribution is 2.61. The molecular formula is C32H39NO3Si. The summed E-state index contributed by atoms with van der Waals surface area (Å²) in [5.41, 5.74) is 3.20. The Labute approximate surface area is 222 Å². The number of ether oxygens (including phenoxy) is 1. The number of carbonyl (C=O) groups is 1. The van der Waals surface area contributed by atoms with Crippen LogP contribution in [0.1, 0.15) is 64.9 Å². The molecule has 5 heteroatoms. The minimum atomic E-state index is -1.83. The van der Waals surface area contributed by atoms with Gasteiger partial charge in [-0.05, 0) is 65.7 Å². The Kier molecular flexibility index (Phi) is 6.27. The Morgan fingerprint density at radius 3 is 2.70 bits per heavy atom. The van der Waals surface area contributed by atoms with Gasteiger partial charge in [0.05, 0.1) is 11.7 Å². The van der Waals surface area contributed by atoms with E-state index in [1.807, 2.05) is 12.4 Å². The summed E-state index contributed by atoms with van der Waals surface area (Å²) in [7, 11) is -1.83. The molecular weight excluding hydrogens is 474 g/mol. The molecule has 37 heavy (non-hydrogen) atoms. The number of aromatic nitrogens is 1. The zero-order chi connectivity index (χ0) is 25.8. The van der Waals surface area contributed by atoms with Crippen LogP contribution in [0.15, 0.2) is 71.8 Å². The maximum atomic E-state index is 12.6. The summed E-state index contributed by atoms with van der Waals surface area (Å²) < 4.78 is 14.1. The normalized spacial score (nSPS) is 31.0. The molecule has 0 amide bonds. The van der Waals surface area contributed by atoms with E-state index in [9.17, 15) is 4.79 Å². The van der Waals surface area contributed by atoms with Crippen LogP contribution in [0.3, 0.4) is 0 Å². The minimum Gasteiger partial charge on any atom is -0.489 e. The molecule has 0 unspecified atom stereocenters. The molecule has 5 atom stereocenters. The first-order valence-electron chi connectivity index (χ1n) is 14.3. The van der Waals surface area contributed by atoms with Gasteiger partial charge in [0.15, 0.2) is 14.1 Å². The molecule has 1 aromatic heterocycles. The SMILES string of the molecule is CC[Si](CC)(CC)O[C@@H]1C[C@H]2[C@@H]3OC4=C(C=C3C=C[C@]2(C)[C@H]1c1ccc2ccncc2c1)C(=O)CCC4. The molecule has 0 N–H and O–H groups in total. The fourth-order valence-corrected chi connectivity index (χ4v) is 10.5. The van der Waals surface area contributed by atoms with Gasteiger partial charge in [-0.25, -0.2) is 0 Å². The number of pyridine rings is 1. The Hall–Kier alpha value is -2.50. The van der Waals surface area contributed by atoms with Crippen molar-refractivity contribution < 1.29 is 14.0 Å². The van der Waals surface area contributed by atoms with E-state index >= 15 is 0 Å². The fraction of sp³-hybridized carbons (Fsp3) is 0.500. The number of hydrogen-bond acceptors (Lipinski definition) is 4. The number of allylic oxidation sites excluding steroid dienone is 4. The van der Waals surface area contributed by atoms with E-state index < -0.39 is 8.32 Å². The van der Waals surface area contributed by atoms with Crippen LogP contribution < -0.4 is 0 Å². The first kappa shape index (κ1) is 24.8. The number of rotatable bonds is 6. The average molecular weight is 514 g/mol. The van der Waals surface area contributed by atoms with E-state index in [-0.39, 0.29) is 29.3 Å². The molecule has 3 aliphatic carbocycles. The minimum absolute atomic E-state index is 0.0150. The Morgan fingerprint density at radius 2 is 1.92 bits per heavy atom. The predicted octanol–water partition coefficient (Wildman–Crippen LogP) is 7.64. The molecule has 4 nitrogen and oxygen atoms in total. The van der Waals surface area contributed by atoms with Crippen LogP contribution in [-0.2, 0) is 14.0 Å². The topological polar surface area (TPSA) is 48.4 Å². The first-order valence-corrected chi connectivity index (χ1v) is 16.8. The zero-order valence-corrected chi connectivity index (χ0v) is 23.6. The van der Waals surface area contributed by atoms with Gasteiger partial charge in [0.2, 0.25) is 0 Å². The molecule has 1 aromatic carbocycles. The molecule has 1 aliphatic heterocycles. The van der Waals surface area contributed by atoms with E-state index in [2.05, 4.69) is 75.2 Å². The van der Waals surface area contributed by atoms with Gasteiger partial charge in [-0.1, -0.05) is 52.0 Å². The van der Waals surface area contributed by atoms with Crippen molar-refractivity contribution in [2.75, 3.05) is 0 Å². The molecule has 0 spiro atoms. The average Bonchev–Trinajstić information content (AvgIpc) is 3.22. The largest absolute Gasteiger partial charge is 0.489 e. The van der Waals surface area contributed by atoms with Crippen molar-refractivity contribution in [3.63, 3.8) is 0 Å². The van der Waals surface area contributed by atoms with Crippen LogP contribution in [-0.4, -0.2) is 31.3 Å². The van der Waals surface area contributed by atoms with Crippen molar-refractivity contribution in [3.8, 4) is 0 Å². The number of ketones is 1. The number of fused-ring (bicyclic) bond motifs is 4. The van der Waals surface area contributed by atoms with Crippen molar-refractivity contribution in [2.45, 2.75) is 89.6 Å². The number of Topliss-reactive ketones (excluding diaryl/α,β-unsaturated/α-hetero) is 1. The van der Waals surface area contributed by atoms with E-state index in [0.29, 0.717) is 12.3 Å². The lowest BCUT2D eigenvalue weighted by molar-refractivity contribution is -0.116. The molecule has 0 radical (unpaired) electrons. The summed E-state index contributed by atoms with van der Waals surface area (Å²) in [6.45, 7) is 9.37. The summed E-state index contributed by atoms with van der Waals surface area (Å²) in [5.74, 6) is 1.68. The van der Waals surface area contributed by atoms with Crippen LogP contribution in [0.4, 0.5) is 0 Å². The fourth-order valence-electron chi connectivity index (χ4n) is 7.58. The summed E-state index contributed by atoms with van der Waals surface area (Å²) in [6, 6.07) is 12.4. The molecule has 0 bridgehead atoms. The van der Waals surface area contributed by atoms with Gasteiger partial charge in [-0.2, -0.15) is 0 Å². The first-order chi connectivity index (χ1) is 17.9. The molecule has 2 heterocycles. The van der Waals surface area contributed by atoms with E-state index in [1.54, 1.807) is 0 Å². The lowest BCUT2D eigenvalue weighted by Crippen LogP contribution is -2.42. The highest BCUT2D eigenvalue weighted by atomic mass is 28.4. The van der Waals surface area contributed by atoms with Crippen molar-refractivity contribution >= 4 is 24.9 Å². The lowest BCUT2D eigenvalue weighted by atomic mass is 9.64. The van der Waals surface area contributed by atoms with Crippen molar-refractivity contribution in [1.29, 1.82) is 0 Å². The molecule has 1 saturated carbocycles. The molecule has 6 rings (SSSR count). The molecule has 4 aliphatic rings. The van der Waals surface area contributed by atoms with Crippen LogP contribution in [0.25, 0.3) is 10.8 Å². The van der Waals surface area contributed by atoms with Gasteiger partial charge < -0.3 is 9.16 Å². The van der Waals surface area contributed by atoms with E-state index in [0.717, 1.165) is 54.3 Å². The third-order valence-corrected chi connectivity index (χ3v) is 14.7. The Bertz CT molecular complexity index is 1310. The smallest absolute Gasteiger partial charge is 0.192 e. The highest BCUT2D eigenvalue weighted by molar-refractivity contribution is 6.73. The van der Waals surface area contributed by atoms with Gasteiger partial charge >= 0.3 is 0 Å². The van der Waals surface area contributed by atoms with Gasteiger partial charge in [0, 0.05) is 47.9 Å². The maximum absolute atomic E-state index is 12.6. The second kappa shape index (κ2) is 9.35. The van der Waals surface area contributed by atoms with Gasteiger partial charge in [-0.3, -0.25) is 9.78 Å². The number of nitrogens with zero attached hydrogens (tertiary/aromatic N) is 1. The van der Waals surface area contributed by atoms with E-state index in [1.165, 1.54) is 16.3 Å². The quantitative estimate of drug-likeness (QED) is 0.373. The van der Waals surface area contributed by atoms with Crippen molar-refractivity contribution in [1.82, 2.24) is 4.98 Å². The standard InChI is InChI=1S/C32H39NO3Si/c1-5-37(6-2,7-3)36-29-19-26-31-23(18-25-27(34)9-8-10-28(25)35-31)13-15-32(26,4)30(29)22-12-11-21-14-16-33-20-24(21)17-22/h11-18,20,26,29-31H,5-10,19H2,1-4H3/t26-,29+,30-,31+,32-/m0/s1. The van der Waals surface area contributed by atoms with E-state index in [4.69, 9.17) is 9.16 Å². The second-order valence-corrected chi connectivity index (χ2v) is 16.4. The monoisotopic (exact) mass is 513 g/mol. The Balaban J connectivity index is 1.44. The highest BCUT2D eigenvalue weighted by Gasteiger charge is 2.58. The molecule has 0 saturated heterocycles. The predicted molar refractivity (Wildman–Crippen MR) is 151 cm³/mol. The number of benzene rings is 1.